The van der Waals surface area contributed by atoms with E-state index < -0.39 is 5.60 Å². The molecule has 2 aromatic carbocycles. The SMILES string of the molecule is CC[C@@H](c1ccccc1)N(CCCN)C(=O)OC(C)(C)C.Cc1ccccc1. The van der Waals surface area contributed by atoms with E-state index in [9.17, 15) is 4.79 Å². The zero-order chi connectivity index (χ0) is 21.0. The number of hydrogen-bond donors (Lipinski definition) is 1. The fraction of sp³-hybridized carbons (Fsp3) is 0.458. The molecule has 0 fully saturated rings. The molecule has 0 spiro atoms. The molecule has 4 nitrogen and oxygen atoms in total. The Morgan fingerprint density at radius 1 is 1.04 bits per heavy atom. The summed E-state index contributed by atoms with van der Waals surface area (Å²) in [7, 11) is 0. The Labute approximate surface area is 170 Å². The summed E-state index contributed by atoms with van der Waals surface area (Å²) < 4.78 is 5.55. The summed E-state index contributed by atoms with van der Waals surface area (Å²) in [6, 6.07) is 20.4. The molecule has 2 N–H and O–H groups in total. The number of aryl methyl sites for hydroxylation is 1. The van der Waals surface area contributed by atoms with Gasteiger partial charge >= 0.3 is 6.09 Å². The maximum absolute atomic E-state index is 12.5. The van der Waals surface area contributed by atoms with E-state index in [-0.39, 0.29) is 12.1 Å². The minimum Gasteiger partial charge on any atom is -0.444 e. The van der Waals surface area contributed by atoms with Gasteiger partial charge in [-0.1, -0.05) is 73.2 Å². The Morgan fingerprint density at radius 2 is 1.57 bits per heavy atom. The Hall–Kier alpha value is -2.33. The first-order chi connectivity index (χ1) is 13.3. The number of carbonyl (C=O) groups is 1. The van der Waals surface area contributed by atoms with Crippen LogP contribution in [0.1, 0.15) is 57.7 Å². The van der Waals surface area contributed by atoms with E-state index in [1.807, 2.05) is 69.3 Å². The van der Waals surface area contributed by atoms with Crippen molar-refractivity contribution in [2.75, 3.05) is 13.1 Å². The van der Waals surface area contributed by atoms with E-state index in [4.69, 9.17) is 10.5 Å². The second kappa shape index (κ2) is 12.2. The number of benzene rings is 2. The maximum Gasteiger partial charge on any atom is 0.410 e. The van der Waals surface area contributed by atoms with Gasteiger partial charge in [0, 0.05) is 6.54 Å². The van der Waals surface area contributed by atoms with Crippen LogP contribution >= 0.6 is 0 Å². The van der Waals surface area contributed by atoms with Gasteiger partial charge in [0.2, 0.25) is 0 Å². The van der Waals surface area contributed by atoms with Gasteiger partial charge in [-0.05, 0) is 52.6 Å². The van der Waals surface area contributed by atoms with E-state index >= 15 is 0 Å². The van der Waals surface area contributed by atoms with Crippen LogP contribution in [0.25, 0.3) is 0 Å². The van der Waals surface area contributed by atoms with Crippen molar-refractivity contribution in [3.63, 3.8) is 0 Å². The van der Waals surface area contributed by atoms with Crippen molar-refractivity contribution >= 4 is 6.09 Å². The Balaban J connectivity index is 0.000000467. The topological polar surface area (TPSA) is 55.6 Å². The molecule has 2 aromatic rings. The number of amides is 1. The molecule has 4 heteroatoms. The Bertz CT molecular complexity index is 666. The molecule has 0 unspecified atom stereocenters. The van der Waals surface area contributed by atoms with Gasteiger partial charge in [-0.25, -0.2) is 4.79 Å². The van der Waals surface area contributed by atoms with Gasteiger partial charge in [-0.15, -0.1) is 0 Å². The van der Waals surface area contributed by atoms with Crippen LogP contribution in [0.4, 0.5) is 4.79 Å². The molecule has 0 bridgehead atoms. The molecule has 0 aliphatic heterocycles. The molecular formula is C24H36N2O2. The van der Waals surface area contributed by atoms with Crippen molar-refractivity contribution < 1.29 is 9.53 Å². The summed E-state index contributed by atoms with van der Waals surface area (Å²) in [6.07, 6.45) is 1.34. The predicted octanol–water partition coefficient (Wildman–Crippen LogP) is 5.72. The highest BCUT2D eigenvalue weighted by Gasteiger charge is 2.27. The van der Waals surface area contributed by atoms with E-state index in [1.165, 1.54) is 5.56 Å². The zero-order valence-corrected chi connectivity index (χ0v) is 18.0. The van der Waals surface area contributed by atoms with Crippen LogP contribution in [0, 0.1) is 6.92 Å². The van der Waals surface area contributed by atoms with Gasteiger partial charge in [0.25, 0.3) is 0 Å². The molecule has 0 radical (unpaired) electrons. The van der Waals surface area contributed by atoms with Crippen LogP contribution in [-0.2, 0) is 4.74 Å². The summed E-state index contributed by atoms with van der Waals surface area (Å²) in [4.78, 5) is 14.3. The molecule has 0 aliphatic rings. The first-order valence-corrected chi connectivity index (χ1v) is 10.0. The molecule has 0 aliphatic carbocycles. The van der Waals surface area contributed by atoms with Gasteiger partial charge in [0.15, 0.2) is 0 Å². The summed E-state index contributed by atoms with van der Waals surface area (Å²) in [5.41, 5.74) is 7.56. The number of rotatable bonds is 6. The second-order valence-electron chi connectivity index (χ2n) is 7.81. The van der Waals surface area contributed by atoms with Crippen LogP contribution in [0.2, 0.25) is 0 Å². The summed E-state index contributed by atoms with van der Waals surface area (Å²) in [6.45, 7) is 11.0. The fourth-order valence-electron chi connectivity index (χ4n) is 2.80. The molecule has 28 heavy (non-hydrogen) atoms. The molecular weight excluding hydrogens is 348 g/mol. The first kappa shape index (κ1) is 23.7. The van der Waals surface area contributed by atoms with Crippen molar-refractivity contribution in [1.82, 2.24) is 4.90 Å². The lowest BCUT2D eigenvalue weighted by atomic mass is 10.0. The number of carbonyl (C=O) groups excluding carboxylic acids is 1. The van der Waals surface area contributed by atoms with Crippen LogP contribution < -0.4 is 5.73 Å². The average molecular weight is 385 g/mol. The largest absolute Gasteiger partial charge is 0.444 e. The van der Waals surface area contributed by atoms with Crippen LogP contribution in [-0.4, -0.2) is 29.7 Å². The van der Waals surface area contributed by atoms with Gasteiger partial charge in [0.05, 0.1) is 6.04 Å². The number of ether oxygens (including phenoxy) is 1. The summed E-state index contributed by atoms with van der Waals surface area (Å²) in [5, 5.41) is 0. The minimum absolute atomic E-state index is 0.0209. The highest BCUT2D eigenvalue weighted by atomic mass is 16.6. The summed E-state index contributed by atoms with van der Waals surface area (Å²) in [5.74, 6) is 0. The normalized spacial score (nSPS) is 11.8. The quantitative estimate of drug-likeness (QED) is 0.693. The third-order valence-corrected chi connectivity index (χ3v) is 4.12. The van der Waals surface area contributed by atoms with Crippen molar-refractivity contribution in [2.24, 2.45) is 5.73 Å². The lowest BCUT2D eigenvalue weighted by Gasteiger charge is -2.33. The third-order valence-electron chi connectivity index (χ3n) is 4.12. The number of nitrogens with zero attached hydrogens (tertiary/aromatic N) is 1. The van der Waals surface area contributed by atoms with Gasteiger partial charge in [-0.3, -0.25) is 0 Å². The van der Waals surface area contributed by atoms with Crippen LogP contribution in [0.5, 0.6) is 0 Å². The van der Waals surface area contributed by atoms with Crippen molar-refractivity contribution in [2.45, 2.75) is 59.1 Å². The standard InChI is InChI=1S/C17H28N2O2.C7H8/c1-5-15(14-10-7-6-8-11-14)19(13-9-12-18)16(20)21-17(2,3)4;1-7-5-3-2-4-6-7/h6-8,10-11,15H,5,9,12-13,18H2,1-4H3;2-6H,1H3/t15-;/m0./s1. The molecule has 0 aromatic heterocycles. The third kappa shape index (κ3) is 9.05. The van der Waals surface area contributed by atoms with Crippen molar-refractivity contribution in [1.29, 1.82) is 0 Å². The molecule has 0 saturated heterocycles. The smallest absolute Gasteiger partial charge is 0.410 e. The molecule has 1 amide bonds. The lowest BCUT2D eigenvalue weighted by molar-refractivity contribution is 0.0151. The predicted molar refractivity (Wildman–Crippen MR) is 117 cm³/mol. The van der Waals surface area contributed by atoms with Gasteiger partial charge in [0.1, 0.15) is 5.60 Å². The van der Waals surface area contributed by atoms with Crippen LogP contribution in [0.3, 0.4) is 0 Å². The fourth-order valence-corrected chi connectivity index (χ4v) is 2.80. The van der Waals surface area contributed by atoms with Crippen LogP contribution in [0.15, 0.2) is 60.7 Å². The first-order valence-electron chi connectivity index (χ1n) is 10.0. The maximum atomic E-state index is 12.5. The average Bonchev–Trinajstić information content (AvgIpc) is 2.65. The summed E-state index contributed by atoms with van der Waals surface area (Å²) >= 11 is 0. The Morgan fingerprint density at radius 3 is 1.96 bits per heavy atom. The molecule has 154 valence electrons. The molecule has 2 rings (SSSR count). The van der Waals surface area contributed by atoms with Crippen molar-refractivity contribution in [3.8, 4) is 0 Å². The van der Waals surface area contributed by atoms with E-state index in [0.29, 0.717) is 13.1 Å². The monoisotopic (exact) mass is 384 g/mol. The Kier molecular flexibility index (Phi) is 10.3. The number of hydrogen-bond acceptors (Lipinski definition) is 3. The minimum atomic E-state index is -0.493. The molecule has 0 saturated carbocycles. The van der Waals surface area contributed by atoms with Crippen molar-refractivity contribution in [3.05, 3.63) is 71.8 Å². The second-order valence-corrected chi connectivity index (χ2v) is 7.81. The number of nitrogens with two attached hydrogens (primary N) is 1. The van der Waals surface area contributed by atoms with Gasteiger partial charge in [-0.2, -0.15) is 0 Å². The van der Waals surface area contributed by atoms with E-state index in [0.717, 1.165) is 18.4 Å². The molecule has 1 atom stereocenters. The highest BCUT2D eigenvalue weighted by molar-refractivity contribution is 5.69. The molecule has 0 heterocycles. The van der Waals surface area contributed by atoms with Gasteiger partial charge < -0.3 is 15.4 Å². The van der Waals surface area contributed by atoms with E-state index in [2.05, 4.69) is 26.0 Å². The van der Waals surface area contributed by atoms with E-state index in [1.54, 1.807) is 4.90 Å². The lowest BCUT2D eigenvalue weighted by Crippen LogP contribution is -2.40. The highest BCUT2D eigenvalue weighted by Crippen LogP contribution is 2.26. The zero-order valence-electron chi connectivity index (χ0n) is 18.0.